The van der Waals surface area contributed by atoms with E-state index in [9.17, 15) is 0 Å². The molecule has 0 fully saturated rings. The first-order valence-corrected chi connectivity index (χ1v) is 12.4. The van der Waals surface area contributed by atoms with Crippen molar-refractivity contribution >= 4 is 0 Å². The van der Waals surface area contributed by atoms with Gasteiger partial charge < -0.3 is 0 Å². The van der Waals surface area contributed by atoms with E-state index in [4.69, 9.17) is 15.0 Å². The summed E-state index contributed by atoms with van der Waals surface area (Å²) < 4.78 is 0. The monoisotopic (exact) mass is 475 g/mol. The molecule has 0 saturated carbocycles. The molecule has 0 aliphatic heterocycles. The molecule has 0 N–H and O–H groups in total. The van der Waals surface area contributed by atoms with Crippen LogP contribution < -0.4 is 0 Å². The zero-order valence-corrected chi connectivity index (χ0v) is 20.5. The van der Waals surface area contributed by atoms with Crippen molar-refractivity contribution in [1.82, 2.24) is 15.0 Å². The molecular weight excluding hydrogens is 450 g/mol. The minimum atomic E-state index is 0.659. The summed E-state index contributed by atoms with van der Waals surface area (Å²) in [5.41, 5.74) is 8.71. The second-order valence-electron chi connectivity index (χ2n) is 9.07. The fourth-order valence-electron chi connectivity index (χ4n) is 4.50. The zero-order valence-electron chi connectivity index (χ0n) is 20.5. The summed E-state index contributed by atoms with van der Waals surface area (Å²) in [5, 5.41) is 0. The van der Waals surface area contributed by atoms with Gasteiger partial charge in [0.25, 0.3) is 0 Å². The summed E-state index contributed by atoms with van der Waals surface area (Å²) in [6, 6.07) is 45.8. The summed E-state index contributed by atoms with van der Waals surface area (Å²) in [6.45, 7) is 2.11. The molecule has 0 aliphatic carbocycles. The van der Waals surface area contributed by atoms with E-state index in [0.717, 1.165) is 33.4 Å². The van der Waals surface area contributed by atoms with Crippen LogP contribution in [0.2, 0.25) is 0 Å². The van der Waals surface area contributed by atoms with Crippen LogP contribution in [-0.2, 0) is 0 Å². The Morgan fingerprint density at radius 3 is 1.22 bits per heavy atom. The summed E-state index contributed by atoms with van der Waals surface area (Å²) >= 11 is 0. The molecule has 6 rings (SSSR count). The number of hydrogen-bond acceptors (Lipinski definition) is 3. The SMILES string of the molecule is Cc1cc(-c2ccccc2)cc(-c2nc(-c3ccccc3)nc(-c3ccc(-c4ccccc4)cc3)n2)c1. The third-order valence-electron chi connectivity index (χ3n) is 6.36. The van der Waals surface area contributed by atoms with Crippen molar-refractivity contribution in [1.29, 1.82) is 0 Å². The van der Waals surface area contributed by atoms with E-state index in [0.29, 0.717) is 17.5 Å². The maximum atomic E-state index is 4.96. The van der Waals surface area contributed by atoms with Gasteiger partial charge in [-0.2, -0.15) is 0 Å². The Bertz CT molecular complexity index is 1640. The molecule has 0 spiro atoms. The van der Waals surface area contributed by atoms with Crippen LogP contribution in [0, 0.1) is 6.92 Å². The number of aryl methyl sites for hydroxylation is 1. The normalized spacial score (nSPS) is 10.8. The van der Waals surface area contributed by atoms with Crippen molar-refractivity contribution in [2.24, 2.45) is 0 Å². The lowest BCUT2D eigenvalue weighted by atomic mass is 10.00. The Hall–Kier alpha value is -4.89. The minimum Gasteiger partial charge on any atom is -0.208 e. The second kappa shape index (κ2) is 10.00. The highest BCUT2D eigenvalue weighted by Crippen LogP contribution is 2.30. The lowest BCUT2D eigenvalue weighted by Crippen LogP contribution is -2.00. The van der Waals surface area contributed by atoms with Gasteiger partial charge in [0, 0.05) is 16.7 Å². The molecule has 0 bridgehead atoms. The number of hydrogen-bond donors (Lipinski definition) is 0. The van der Waals surface area contributed by atoms with E-state index in [1.807, 2.05) is 42.5 Å². The summed E-state index contributed by atoms with van der Waals surface area (Å²) in [6.07, 6.45) is 0. The largest absolute Gasteiger partial charge is 0.208 e. The Morgan fingerprint density at radius 1 is 0.324 bits per heavy atom. The lowest BCUT2D eigenvalue weighted by molar-refractivity contribution is 1.07. The van der Waals surface area contributed by atoms with Gasteiger partial charge in [-0.25, -0.2) is 15.0 Å². The molecule has 1 aromatic heterocycles. The molecule has 0 aliphatic rings. The van der Waals surface area contributed by atoms with Crippen molar-refractivity contribution in [3.8, 4) is 56.4 Å². The maximum Gasteiger partial charge on any atom is 0.164 e. The fourth-order valence-corrected chi connectivity index (χ4v) is 4.50. The molecular formula is C34H25N3. The van der Waals surface area contributed by atoms with Crippen molar-refractivity contribution in [2.45, 2.75) is 6.92 Å². The van der Waals surface area contributed by atoms with Gasteiger partial charge >= 0.3 is 0 Å². The molecule has 0 amide bonds. The highest BCUT2D eigenvalue weighted by atomic mass is 15.0. The van der Waals surface area contributed by atoms with Crippen LogP contribution in [0.1, 0.15) is 5.56 Å². The molecule has 0 atom stereocenters. The van der Waals surface area contributed by atoms with Gasteiger partial charge in [-0.1, -0.05) is 121 Å². The van der Waals surface area contributed by atoms with E-state index in [1.54, 1.807) is 0 Å². The van der Waals surface area contributed by atoms with Gasteiger partial charge in [0.05, 0.1) is 0 Å². The van der Waals surface area contributed by atoms with Crippen molar-refractivity contribution in [2.75, 3.05) is 0 Å². The van der Waals surface area contributed by atoms with E-state index < -0.39 is 0 Å². The highest BCUT2D eigenvalue weighted by Gasteiger charge is 2.14. The minimum absolute atomic E-state index is 0.659. The van der Waals surface area contributed by atoms with E-state index in [1.165, 1.54) is 11.1 Å². The summed E-state index contributed by atoms with van der Waals surface area (Å²) in [4.78, 5) is 14.8. The predicted octanol–water partition coefficient (Wildman–Crippen LogP) is 8.52. The van der Waals surface area contributed by atoms with Crippen molar-refractivity contribution in [3.05, 3.63) is 139 Å². The van der Waals surface area contributed by atoms with Crippen LogP contribution >= 0.6 is 0 Å². The maximum absolute atomic E-state index is 4.96. The van der Waals surface area contributed by atoms with Crippen LogP contribution in [0.15, 0.2) is 133 Å². The van der Waals surface area contributed by atoms with E-state index >= 15 is 0 Å². The Balaban J connectivity index is 1.47. The fraction of sp³-hybridized carbons (Fsp3) is 0.0294. The van der Waals surface area contributed by atoms with Crippen LogP contribution in [0.4, 0.5) is 0 Å². The Kier molecular flexibility index (Phi) is 6.10. The van der Waals surface area contributed by atoms with Gasteiger partial charge in [-0.05, 0) is 46.9 Å². The quantitative estimate of drug-likeness (QED) is 0.251. The molecule has 3 nitrogen and oxygen atoms in total. The first-order valence-electron chi connectivity index (χ1n) is 12.4. The molecule has 0 radical (unpaired) electrons. The Morgan fingerprint density at radius 2 is 0.676 bits per heavy atom. The molecule has 6 aromatic rings. The topological polar surface area (TPSA) is 38.7 Å². The summed E-state index contributed by atoms with van der Waals surface area (Å²) in [5.74, 6) is 1.98. The first kappa shape index (κ1) is 22.6. The summed E-state index contributed by atoms with van der Waals surface area (Å²) in [7, 11) is 0. The number of rotatable bonds is 5. The number of nitrogens with zero attached hydrogens (tertiary/aromatic N) is 3. The van der Waals surface area contributed by atoms with E-state index in [2.05, 4.69) is 97.9 Å². The number of benzene rings is 5. The third-order valence-corrected chi connectivity index (χ3v) is 6.36. The molecule has 5 aromatic carbocycles. The van der Waals surface area contributed by atoms with E-state index in [-0.39, 0.29) is 0 Å². The van der Waals surface area contributed by atoms with Crippen LogP contribution in [-0.4, -0.2) is 15.0 Å². The predicted molar refractivity (Wildman–Crippen MR) is 152 cm³/mol. The highest BCUT2D eigenvalue weighted by molar-refractivity contribution is 5.74. The number of aromatic nitrogens is 3. The van der Waals surface area contributed by atoms with Gasteiger partial charge in [-0.15, -0.1) is 0 Å². The smallest absolute Gasteiger partial charge is 0.164 e. The molecule has 3 heteroatoms. The third kappa shape index (κ3) is 4.93. The first-order chi connectivity index (χ1) is 18.2. The molecule has 37 heavy (non-hydrogen) atoms. The Labute approximate surface area is 217 Å². The average molecular weight is 476 g/mol. The van der Waals surface area contributed by atoms with Crippen LogP contribution in [0.5, 0.6) is 0 Å². The molecule has 0 unspecified atom stereocenters. The standard InChI is InChI=1S/C34H25N3/c1-24-21-30(26-13-7-3-8-14-26)23-31(22-24)34-36-32(28-15-9-4-10-16-28)35-33(37-34)29-19-17-27(18-20-29)25-11-5-2-6-12-25/h2-23H,1H3. The lowest BCUT2D eigenvalue weighted by Gasteiger charge is -2.11. The van der Waals surface area contributed by atoms with Crippen LogP contribution in [0.3, 0.4) is 0 Å². The van der Waals surface area contributed by atoms with Gasteiger partial charge in [0.2, 0.25) is 0 Å². The second-order valence-corrected chi connectivity index (χ2v) is 9.07. The molecule has 176 valence electrons. The van der Waals surface area contributed by atoms with Gasteiger partial charge in [0.15, 0.2) is 17.5 Å². The van der Waals surface area contributed by atoms with Gasteiger partial charge in [-0.3, -0.25) is 0 Å². The van der Waals surface area contributed by atoms with Crippen molar-refractivity contribution < 1.29 is 0 Å². The molecule has 1 heterocycles. The van der Waals surface area contributed by atoms with Crippen LogP contribution in [0.25, 0.3) is 56.4 Å². The average Bonchev–Trinajstić information content (AvgIpc) is 2.98. The molecule has 0 saturated heterocycles. The zero-order chi connectivity index (χ0) is 25.0. The van der Waals surface area contributed by atoms with Gasteiger partial charge in [0.1, 0.15) is 0 Å². The van der Waals surface area contributed by atoms with Crippen molar-refractivity contribution in [3.63, 3.8) is 0 Å².